The quantitative estimate of drug-likeness (QED) is 0.504. The highest BCUT2D eigenvalue weighted by molar-refractivity contribution is 5.92. The fourth-order valence-corrected chi connectivity index (χ4v) is 4.52. The zero-order chi connectivity index (χ0) is 17.1. The fraction of sp³-hybridized carbons (Fsp3) is 0.263. The van der Waals surface area contributed by atoms with Crippen LogP contribution in [0.15, 0.2) is 34.7 Å². The summed E-state index contributed by atoms with van der Waals surface area (Å²) < 4.78 is 5.44. The van der Waals surface area contributed by atoms with E-state index in [2.05, 4.69) is 6.07 Å². The third-order valence-electron chi connectivity index (χ3n) is 5.47. The lowest BCUT2D eigenvalue weighted by Crippen LogP contribution is -2.04. The van der Waals surface area contributed by atoms with Gasteiger partial charge in [0.25, 0.3) is 0 Å². The van der Waals surface area contributed by atoms with Gasteiger partial charge in [0.15, 0.2) is 5.76 Å². The molecule has 6 heteroatoms. The molecule has 0 amide bonds. The van der Waals surface area contributed by atoms with Gasteiger partial charge in [-0.15, -0.1) is 0 Å². The van der Waals surface area contributed by atoms with E-state index in [1.165, 1.54) is 11.6 Å². The number of pyridine rings is 1. The molecule has 0 saturated heterocycles. The number of rotatable bonds is 2. The van der Waals surface area contributed by atoms with Crippen LogP contribution in [0, 0.1) is 21.4 Å². The van der Waals surface area contributed by atoms with Gasteiger partial charge in [0.05, 0.1) is 17.1 Å². The summed E-state index contributed by atoms with van der Waals surface area (Å²) in [6, 6.07) is 10.8. The van der Waals surface area contributed by atoms with Crippen LogP contribution < -0.4 is 0 Å². The van der Waals surface area contributed by atoms with Crippen LogP contribution in [0.2, 0.25) is 0 Å². The first-order chi connectivity index (χ1) is 12.2. The molecule has 1 fully saturated rings. The molecule has 0 aliphatic heterocycles. The number of aromatic nitrogens is 1. The normalized spacial score (nSPS) is 20.6. The van der Waals surface area contributed by atoms with Crippen molar-refractivity contribution >= 4 is 16.8 Å². The molecule has 1 aromatic carbocycles. The van der Waals surface area contributed by atoms with Crippen LogP contribution in [0.1, 0.15) is 47.8 Å². The minimum atomic E-state index is -0.544. The molecule has 2 aliphatic rings. The number of para-hydroxylation sites is 1. The summed E-state index contributed by atoms with van der Waals surface area (Å²) in [5.74, 6) is 1.01. The molecule has 1 saturated carbocycles. The third kappa shape index (κ3) is 1.86. The van der Waals surface area contributed by atoms with Crippen molar-refractivity contribution in [3.05, 3.63) is 57.1 Å². The summed E-state index contributed by atoms with van der Waals surface area (Å²) in [6.45, 7) is 0. The minimum absolute atomic E-state index is 0.289. The summed E-state index contributed by atoms with van der Waals surface area (Å²) >= 11 is 0. The summed E-state index contributed by atoms with van der Waals surface area (Å²) in [5, 5.41) is 21.5. The largest absolute Gasteiger partial charge is 0.433 e. The molecule has 2 aromatic heterocycles. The Morgan fingerprint density at radius 1 is 1.20 bits per heavy atom. The number of fused-ring (bicyclic) bond motifs is 7. The third-order valence-corrected chi connectivity index (χ3v) is 5.47. The molecule has 5 rings (SSSR count). The number of furan rings is 1. The smallest absolute Gasteiger partial charge is 0.399 e. The van der Waals surface area contributed by atoms with Gasteiger partial charge in [0, 0.05) is 5.39 Å². The highest BCUT2D eigenvalue weighted by Crippen LogP contribution is 2.57. The SMILES string of the molecule is N#Cc1cccc2c3c(c(-c4ccc([N+](=O)[O-])o4)nc12)C1CCC3C1. The number of benzene rings is 1. The van der Waals surface area contributed by atoms with Crippen LogP contribution in [0.4, 0.5) is 5.88 Å². The molecule has 6 nitrogen and oxygen atoms in total. The van der Waals surface area contributed by atoms with E-state index in [4.69, 9.17) is 9.40 Å². The van der Waals surface area contributed by atoms with Crippen LogP contribution in [0.5, 0.6) is 0 Å². The fourth-order valence-electron chi connectivity index (χ4n) is 4.52. The highest BCUT2D eigenvalue weighted by Gasteiger charge is 2.41. The number of nitriles is 1. The van der Waals surface area contributed by atoms with Crippen molar-refractivity contribution in [3.63, 3.8) is 0 Å². The summed E-state index contributed by atoms with van der Waals surface area (Å²) in [5.41, 5.74) is 4.25. The average Bonchev–Trinajstić information content (AvgIpc) is 3.36. The van der Waals surface area contributed by atoms with E-state index in [0.717, 1.165) is 30.2 Å². The molecule has 25 heavy (non-hydrogen) atoms. The topological polar surface area (TPSA) is 93.0 Å². The maximum Gasteiger partial charge on any atom is 0.433 e. The zero-order valence-electron chi connectivity index (χ0n) is 13.2. The first-order valence-corrected chi connectivity index (χ1v) is 8.28. The monoisotopic (exact) mass is 331 g/mol. The van der Waals surface area contributed by atoms with Crippen molar-refractivity contribution in [3.8, 4) is 17.5 Å². The summed E-state index contributed by atoms with van der Waals surface area (Å²) in [6.07, 6.45) is 3.34. The zero-order valence-corrected chi connectivity index (χ0v) is 13.2. The number of hydrogen-bond donors (Lipinski definition) is 0. The molecular formula is C19H13N3O3. The predicted octanol–water partition coefficient (Wildman–Crippen LogP) is 4.64. The molecule has 2 unspecified atom stereocenters. The van der Waals surface area contributed by atoms with E-state index in [-0.39, 0.29) is 5.88 Å². The lowest BCUT2D eigenvalue weighted by molar-refractivity contribution is -0.401. The highest BCUT2D eigenvalue weighted by atomic mass is 16.6. The second kappa shape index (κ2) is 4.90. The van der Waals surface area contributed by atoms with E-state index in [1.54, 1.807) is 12.1 Å². The molecule has 2 bridgehead atoms. The molecule has 3 aromatic rings. The Morgan fingerprint density at radius 2 is 2.00 bits per heavy atom. The second-order valence-electron chi connectivity index (χ2n) is 6.70. The van der Waals surface area contributed by atoms with E-state index in [0.29, 0.717) is 34.4 Å². The molecule has 2 heterocycles. The van der Waals surface area contributed by atoms with E-state index in [9.17, 15) is 15.4 Å². The van der Waals surface area contributed by atoms with Crippen molar-refractivity contribution in [2.45, 2.75) is 31.1 Å². The van der Waals surface area contributed by atoms with Crippen LogP contribution in [-0.2, 0) is 0 Å². The standard InChI is InChI=1S/C19H13N3O3/c20-9-12-2-1-3-13-16-10-4-5-11(8-10)17(16)19(21-18(12)13)14-6-7-15(25-14)22(23)24/h1-3,6-7,10-11H,4-5,8H2. The lowest BCUT2D eigenvalue weighted by Gasteiger charge is -2.20. The van der Waals surface area contributed by atoms with Gasteiger partial charge in [0.1, 0.15) is 16.7 Å². The van der Waals surface area contributed by atoms with Gasteiger partial charge in [-0.1, -0.05) is 12.1 Å². The number of nitro groups is 1. The van der Waals surface area contributed by atoms with Crippen molar-refractivity contribution in [2.24, 2.45) is 0 Å². The molecule has 2 atom stereocenters. The van der Waals surface area contributed by atoms with Gasteiger partial charge in [-0.25, -0.2) is 4.98 Å². The van der Waals surface area contributed by atoms with Crippen LogP contribution in [0.3, 0.4) is 0 Å². The van der Waals surface area contributed by atoms with Crippen molar-refractivity contribution in [2.75, 3.05) is 0 Å². The van der Waals surface area contributed by atoms with Gasteiger partial charge in [-0.2, -0.15) is 5.26 Å². The van der Waals surface area contributed by atoms with Gasteiger partial charge >= 0.3 is 5.88 Å². The van der Waals surface area contributed by atoms with E-state index < -0.39 is 4.92 Å². The minimum Gasteiger partial charge on any atom is -0.399 e. The Hall–Kier alpha value is -3.20. The first-order valence-electron chi connectivity index (χ1n) is 8.28. The van der Waals surface area contributed by atoms with Crippen LogP contribution >= 0.6 is 0 Å². The van der Waals surface area contributed by atoms with Gasteiger partial charge in [-0.3, -0.25) is 10.1 Å². The Bertz CT molecular complexity index is 1090. The number of nitrogens with zero attached hydrogens (tertiary/aromatic N) is 3. The molecule has 0 N–H and O–H groups in total. The average molecular weight is 331 g/mol. The Labute approximate surface area is 142 Å². The van der Waals surface area contributed by atoms with Gasteiger partial charge < -0.3 is 4.42 Å². The maximum atomic E-state index is 11.0. The van der Waals surface area contributed by atoms with Gasteiger partial charge in [0.2, 0.25) is 0 Å². The molecule has 0 radical (unpaired) electrons. The van der Waals surface area contributed by atoms with E-state index >= 15 is 0 Å². The molecule has 2 aliphatic carbocycles. The Kier molecular flexibility index (Phi) is 2.78. The Morgan fingerprint density at radius 3 is 2.72 bits per heavy atom. The second-order valence-corrected chi connectivity index (χ2v) is 6.70. The van der Waals surface area contributed by atoms with Crippen LogP contribution in [-0.4, -0.2) is 9.91 Å². The van der Waals surface area contributed by atoms with Crippen molar-refractivity contribution in [1.82, 2.24) is 4.98 Å². The van der Waals surface area contributed by atoms with Crippen LogP contribution in [0.25, 0.3) is 22.4 Å². The number of hydrogen-bond acceptors (Lipinski definition) is 5. The summed E-state index contributed by atoms with van der Waals surface area (Å²) in [7, 11) is 0. The maximum absolute atomic E-state index is 11.0. The molecular weight excluding hydrogens is 318 g/mol. The van der Waals surface area contributed by atoms with Crippen molar-refractivity contribution in [1.29, 1.82) is 5.26 Å². The Balaban J connectivity index is 1.86. The summed E-state index contributed by atoms with van der Waals surface area (Å²) in [4.78, 5) is 15.2. The lowest BCUT2D eigenvalue weighted by atomic mass is 9.87. The van der Waals surface area contributed by atoms with Gasteiger partial charge in [-0.05, 0) is 54.4 Å². The first kappa shape index (κ1) is 14.2. The van der Waals surface area contributed by atoms with Crippen molar-refractivity contribution < 1.29 is 9.34 Å². The molecule has 0 spiro atoms. The van der Waals surface area contributed by atoms with E-state index in [1.807, 2.05) is 12.1 Å². The predicted molar refractivity (Wildman–Crippen MR) is 90.1 cm³/mol. The molecule has 122 valence electrons.